The summed E-state index contributed by atoms with van der Waals surface area (Å²) >= 11 is 0. The van der Waals surface area contributed by atoms with Crippen molar-refractivity contribution in [2.45, 2.75) is 92.0 Å². The minimum Gasteiger partial charge on any atom is -0.454 e. The van der Waals surface area contributed by atoms with Gasteiger partial charge < -0.3 is 14.2 Å². The molecule has 0 saturated heterocycles. The summed E-state index contributed by atoms with van der Waals surface area (Å²) in [5.74, 6) is -0.0953. The van der Waals surface area contributed by atoms with E-state index in [1.807, 2.05) is 62.4 Å². The van der Waals surface area contributed by atoms with Crippen molar-refractivity contribution in [3.63, 3.8) is 0 Å². The molecule has 0 aliphatic heterocycles. The second-order valence-electron chi connectivity index (χ2n) is 12.9. The van der Waals surface area contributed by atoms with E-state index in [1.54, 1.807) is 70.9 Å². The van der Waals surface area contributed by atoms with Crippen LogP contribution in [-0.2, 0) is 19.0 Å². The summed E-state index contributed by atoms with van der Waals surface area (Å²) in [6.07, 6.45) is 6.52. The summed E-state index contributed by atoms with van der Waals surface area (Å²) in [5, 5.41) is 0. The quantitative estimate of drug-likeness (QED) is 0.121. The molecule has 2 amide bonds. The number of imide groups is 1. The standard InChI is InChI=1S/C35H46N4O6/c1-9-15-26(22-39(32(41)44-34(3,4)5)33(42)45-35(6,7)8)19-20-28(31(40)43-25(2)27-16-11-10-12-17-27)29-23-38(24-37-29)30-18-13-14-21-36-30/h10-14,16-18,20-21,23-26H,9,15,19,22H2,1-8H3/t25-,26-/m1/s1. The van der Waals surface area contributed by atoms with E-state index in [2.05, 4.69) is 9.97 Å². The Hall–Kier alpha value is -4.47. The van der Waals surface area contributed by atoms with Gasteiger partial charge in [0, 0.05) is 18.9 Å². The van der Waals surface area contributed by atoms with Crippen LogP contribution in [0, 0.1) is 5.92 Å². The maximum absolute atomic E-state index is 13.7. The molecule has 1 aromatic carbocycles. The summed E-state index contributed by atoms with van der Waals surface area (Å²) < 4.78 is 18.7. The highest BCUT2D eigenvalue weighted by Gasteiger charge is 2.33. The molecule has 0 radical (unpaired) electrons. The van der Waals surface area contributed by atoms with E-state index in [1.165, 1.54) is 0 Å². The molecule has 0 unspecified atom stereocenters. The fourth-order valence-electron chi connectivity index (χ4n) is 4.49. The summed E-state index contributed by atoms with van der Waals surface area (Å²) in [4.78, 5) is 49.9. The molecule has 10 heteroatoms. The Labute approximate surface area is 266 Å². The van der Waals surface area contributed by atoms with E-state index < -0.39 is 35.5 Å². The molecule has 0 aliphatic carbocycles. The van der Waals surface area contributed by atoms with E-state index in [0.717, 1.165) is 16.9 Å². The van der Waals surface area contributed by atoms with Gasteiger partial charge in [0.15, 0.2) is 0 Å². The molecule has 45 heavy (non-hydrogen) atoms. The van der Waals surface area contributed by atoms with Crippen molar-refractivity contribution < 1.29 is 28.6 Å². The van der Waals surface area contributed by atoms with Gasteiger partial charge in [0.05, 0.1) is 11.3 Å². The fourth-order valence-corrected chi connectivity index (χ4v) is 4.49. The minimum absolute atomic E-state index is 0.0410. The number of carbonyl (C=O) groups excluding carboxylic acids is 3. The maximum atomic E-state index is 13.7. The van der Waals surface area contributed by atoms with Crippen molar-refractivity contribution in [3.05, 3.63) is 84.6 Å². The number of hydrogen-bond acceptors (Lipinski definition) is 8. The highest BCUT2D eigenvalue weighted by molar-refractivity contribution is 6.15. The molecule has 0 aliphatic rings. The molecule has 3 rings (SSSR count). The van der Waals surface area contributed by atoms with Crippen LogP contribution in [0.5, 0.6) is 0 Å². The van der Waals surface area contributed by atoms with Gasteiger partial charge >= 0.3 is 18.2 Å². The van der Waals surface area contributed by atoms with Crippen molar-refractivity contribution in [2.75, 3.05) is 6.54 Å². The highest BCUT2D eigenvalue weighted by Crippen LogP contribution is 2.26. The third-order valence-electron chi connectivity index (χ3n) is 6.57. The molecule has 10 nitrogen and oxygen atoms in total. The molecule has 3 aromatic rings. The van der Waals surface area contributed by atoms with Gasteiger partial charge in [0.2, 0.25) is 0 Å². The van der Waals surface area contributed by atoms with Crippen LogP contribution in [0.15, 0.2) is 73.3 Å². The Morgan fingerprint density at radius 3 is 2.09 bits per heavy atom. The number of esters is 1. The Kier molecular flexibility index (Phi) is 12.1. The first-order chi connectivity index (χ1) is 21.2. The Morgan fingerprint density at radius 2 is 1.53 bits per heavy atom. The smallest absolute Gasteiger partial charge is 0.419 e. The van der Waals surface area contributed by atoms with Crippen LogP contribution in [0.2, 0.25) is 0 Å². The van der Waals surface area contributed by atoms with Gasteiger partial charge in [-0.2, -0.15) is 0 Å². The molecular formula is C35H46N4O6. The first kappa shape index (κ1) is 35.0. The Morgan fingerprint density at radius 1 is 0.911 bits per heavy atom. The van der Waals surface area contributed by atoms with Gasteiger partial charge in [0.25, 0.3) is 0 Å². The van der Waals surface area contributed by atoms with Crippen molar-refractivity contribution in [3.8, 4) is 5.82 Å². The van der Waals surface area contributed by atoms with Crippen LogP contribution in [0.3, 0.4) is 0 Å². The fraction of sp³-hybridized carbons (Fsp3) is 0.457. The van der Waals surface area contributed by atoms with Gasteiger partial charge in [-0.1, -0.05) is 55.8 Å². The molecular weight excluding hydrogens is 572 g/mol. The molecule has 0 N–H and O–H groups in total. The van der Waals surface area contributed by atoms with E-state index in [4.69, 9.17) is 14.2 Å². The zero-order chi connectivity index (χ0) is 33.2. The normalized spacial score (nSPS) is 13.5. The van der Waals surface area contributed by atoms with Gasteiger partial charge in [-0.05, 0) is 84.9 Å². The number of hydrogen-bond donors (Lipinski definition) is 0. The number of imidazole rings is 1. The lowest BCUT2D eigenvalue weighted by Gasteiger charge is -2.30. The Balaban J connectivity index is 1.94. The number of pyridine rings is 1. The van der Waals surface area contributed by atoms with Crippen LogP contribution < -0.4 is 0 Å². The van der Waals surface area contributed by atoms with Crippen LogP contribution in [0.25, 0.3) is 11.4 Å². The Bertz CT molecular complexity index is 1410. The summed E-state index contributed by atoms with van der Waals surface area (Å²) in [6, 6.07) is 15.0. The van der Waals surface area contributed by atoms with Gasteiger partial charge in [-0.25, -0.2) is 29.3 Å². The van der Waals surface area contributed by atoms with Crippen LogP contribution in [0.1, 0.15) is 92.0 Å². The lowest BCUT2D eigenvalue weighted by molar-refractivity contribution is -0.141. The predicted molar refractivity (Wildman–Crippen MR) is 172 cm³/mol. The number of rotatable bonds is 11. The topological polar surface area (TPSA) is 113 Å². The van der Waals surface area contributed by atoms with Crippen LogP contribution in [-0.4, -0.2) is 55.3 Å². The van der Waals surface area contributed by atoms with Crippen molar-refractivity contribution in [2.24, 2.45) is 5.92 Å². The van der Waals surface area contributed by atoms with E-state index in [-0.39, 0.29) is 18.0 Å². The SMILES string of the molecule is CCC[C@H](CC=C(C(=O)O[C@H](C)c1ccccc1)c1cn(-c2ccccn2)cn1)CN(C(=O)OC(C)(C)C)C(=O)OC(C)(C)C. The first-order valence-electron chi connectivity index (χ1n) is 15.3. The van der Waals surface area contributed by atoms with Gasteiger partial charge in [-0.3, -0.25) is 4.57 Å². The zero-order valence-electron chi connectivity index (χ0n) is 27.6. The number of amides is 2. The zero-order valence-corrected chi connectivity index (χ0v) is 27.6. The number of allylic oxidation sites excluding steroid dienone is 1. The lowest BCUT2D eigenvalue weighted by Crippen LogP contribution is -2.45. The van der Waals surface area contributed by atoms with Crippen molar-refractivity contribution >= 4 is 23.7 Å². The van der Waals surface area contributed by atoms with Crippen LogP contribution in [0.4, 0.5) is 9.59 Å². The third-order valence-corrected chi connectivity index (χ3v) is 6.57. The van der Waals surface area contributed by atoms with E-state index >= 15 is 0 Å². The highest BCUT2D eigenvalue weighted by atomic mass is 16.6. The van der Waals surface area contributed by atoms with E-state index in [9.17, 15) is 14.4 Å². The molecule has 242 valence electrons. The molecule has 2 atom stereocenters. The number of carbonyl (C=O) groups is 3. The second-order valence-corrected chi connectivity index (χ2v) is 12.9. The minimum atomic E-state index is -0.809. The van der Waals surface area contributed by atoms with E-state index in [0.29, 0.717) is 24.4 Å². The molecule has 2 aromatic heterocycles. The maximum Gasteiger partial charge on any atom is 0.419 e. The largest absolute Gasteiger partial charge is 0.454 e. The number of aromatic nitrogens is 3. The van der Waals surface area contributed by atoms with Crippen molar-refractivity contribution in [1.29, 1.82) is 0 Å². The van der Waals surface area contributed by atoms with Gasteiger partial charge in [-0.15, -0.1) is 0 Å². The molecule has 2 heterocycles. The monoisotopic (exact) mass is 618 g/mol. The molecule has 0 bridgehead atoms. The number of nitrogens with zero attached hydrogens (tertiary/aromatic N) is 4. The summed E-state index contributed by atoms with van der Waals surface area (Å²) in [5.41, 5.74) is -0.0718. The number of benzene rings is 1. The number of ether oxygens (including phenoxy) is 3. The third kappa shape index (κ3) is 11.2. The average molecular weight is 619 g/mol. The molecule has 0 saturated carbocycles. The first-order valence-corrected chi connectivity index (χ1v) is 15.3. The van der Waals surface area contributed by atoms with Crippen LogP contribution >= 0.6 is 0 Å². The average Bonchev–Trinajstić information content (AvgIpc) is 3.45. The van der Waals surface area contributed by atoms with Gasteiger partial charge in [0.1, 0.15) is 29.5 Å². The summed E-state index contributed by atoms with van der Waals surface area (Å²) in [7, 11) is 0. The molecule has 0 spiro atoms. The predicted octanol–water partition coefficient (Wildman–Crippen LogP) is 7.93. The molecule has 0 fully saturated rings. The summed E-state index contributed by atoms with van der Waals surface area (Å²) in [6.45, 7) is 14.3. The second kappa shape index (κ2) is 15.5. The van der Waals surface area contributed by atoms with Crippen molar-refractivity contribution in [1.82, 2.24) is 19.4 Å². The lowest BCUT2D eigenvalue weighted by atomic mass is 9.97.